The number of nitriles is 1. The van der Waals surface area contributed by atoms with Gasteiger partial charge in [0.1, 0.15) is 10.6 Å². The molecule has 0 amide bonds. The van der Waals surface area contributed by atoms with Crippen molar-refractivity contribution < 1.29 is 9.53 Å². The molecule has 0 atom stereocenters. The van der Waals surface area contributed by atoms with Gasteiger partial charge in [0.15, 0.2) is 0 Å². The van der Waals surface area contributed by atoms with Gasteiger partial charge in [0.25, 0.3) is 0 Å². The molecule has 1 aromatic heterocycles. The van der Waals surface area contributed by atoms with E-state index in [-0.39, 0.29) is 0 Å². The van der Waals surface area contributed by atoms with E-state index >= 15 is 0 Å². The van der Waals surface area contributed by atoms with E-state index in [0.717, 1.165) is 5.56 Å². The molecule has 19 heavy (non-hydrogen) atoms. The van der Waals surface area contributed by atoms with E-state index in [1.54, 1.807) is 30.5 Å². The van der Waals surface area contributed by atoms with E-state index in [2.05, 4.69) is 6.07 Å². The molecule has 0 bridgehead atoms. The number of esters is 1. The van der Waals surface area contributed by atoms with Gasteiger partial charge in [-0.3, -0.25) is 0 Å². The number of ether oxygens (including phenoxy) is 1. The lowest BCUT2D eigenvalue weighted by Crippen LogP contribution is -2.07. The third kappa shape index (κ3) is 2.59. The van der Waals surface area contributed by atoms with Gasteiger partial charge in [0, 0.05) is 10.9 Å². The molecule has 2 aromatic rings. The number of carbonyl (C=O) groups excluding carboxylic acids is 1. The van der Waals surface area contributed by atoms with Gasteiger partial charge in [0.05, 0.1) is 18.2 Å². The van der Waals surface area contributed by atoms with Crippen LogP contribution in [0, 0.1) is 11.3 Å². The summed E-state index contributed by atoms with van der Waals surface area (Å²) in [4.78, 5) is 11.9. The Morgan fingerprint density at radius 3 is 3.00 bits per heavy atom. The number of nitrogens with two attached hydrogens (primary N) is 1. The molecule has 0 aliphatic carbocycles. The first-order valence-corrected chi connectivity index (χ1v) is 6.60. The molecular weight excluding hydrogens is 260 g/mol. The topological polar surface area (TPSA) is 76.1 Å². The fourth-order valence-electron chi connectivity index (χ4n) is 1.76. The maximum atomic E-state index is 11.9. The summed E-state index contributed by atoms with van der Waals surface area (Å²) in [5.41, 5.74) is 8.24. The normalized spacial score (nSPS) is 9.89. The standard InChI is InChI=1S/C14H12N2O2S/c1-2-18-14(17)12-11(8-19-13(12)16)10-5-3-4-9(6-10)7-15/h3-6,8H,2,16H2,1H3. The number of rotatable bonds is 3. The molecule has 0 aliphatic heterocycles. The second kappa shape index (κ2) is 5.55. The quantitative estimate of drug-likeness (QED) is 0.871. The Balaban J connectivity index is 2.51. The highest BCUT2D eigenvalue weighted by molar-refractivity contribution is 7.14. The van der Waals surface area contributed by atoms with Crippen LogP contribution in [-0.4, -0.2) is 12.6 Å². The van der Waals surface area contributed by atoms with Gasteiger partial charge in [0.2, 0.25) is 0 Å². The highest BCUT2D eigenvalue weighted by Crippen LogP contribution is 2.34. The Labute approximate surface area is 115 Å². The van der Waals surface area contributed by atoms with Crippen LogP contribution < -0.4 is 5.73 Å². The Bertz CT molecular complexity index is 656. The number of hydrogen-bond donors (Lipinski definition) is 1. The molecule has 1 heterocycles. The van der Waals surface area contributed by atoms with Crippen LogP contribution in [0.25, 0.3) is 11.1 Å². The predicted octanol–water partition coefficient (Wildman–Crippen LogP) is 3.05. The molecule has 0 unspecified atom stereocenters. The fraction of sp³-hybridized carbons (Fsp3) is 0.143. The number of nitrogens with zero attached hydrogens (tertiary/aromatic N) is 1. The van der Waals surface area contributed by atoms with Crippen molar-refractivity contribution in [3.05, 3.63) is 40.8 Å². The minimum absolute atomic E-state index is 0.297. The van der Waals surface area contributed by atoms with Crippen molar-refractivity contribution in [2.24, 2.45) is 0 Å². The zero-order valence-electron chi connectivity index (χ0n) is 10.3. The minimum atomic E-state index is -0.432. The number of carbonyl (C=O) groups is 1. The molecular formula is C14H12N2O2S. The lowest BCUT2D eigenvalue weighted by atomic mass is 10.0. The van der Waals surface area contributed by atoms with Gasteiger partial charge in [-0.1, -0.05) is 12.1 Å². The van der Waals surface area contributed by atoms with Crippen LogP contribution in [0.1, 0.15) is 22.8 Å². The second-order valence-corrected chi connectivity index (χ2v) is 4.71. The first-order chi connectivity index (χ1) is 9.17. The molecule has 0 saturated carbocycles. The first kappa shape index (κ1) is 13.1. The van der Waals surface area contributed by atoms with Gasteiger partial charge in [-0.2, -0.15) is 5.26 Å². The van der Waals surface area contributed by atoms with Crippen molar-refractivity contribution in [1.82, 2.24) is 0 Å². The zero-order chi connectivity index (χ0) is 13.8. The second-order valence-electron chi connectivity index (χ2n) is 3.80. The van der Waals surface area contributed by atoms with Crippen LogP contribution in [0.15, 0.2) is 29.6 Å². The Morgan fingerprint density at radius 1 is 1.53 bits per heavy atom. The molecule has 96 valence electrons. The molecule has 0 saturated heterocycles. The molecule has 0 spiro atoms. The van der Waals surface area contributed by atoms with Crippen molar-refractivity contribution in [1.29, 1.82) is 5.26 Å². The fourth-order valence-corrected chi connectivity index (χ4v) is 2.57. The maximum Gasteiger partial charge on any atom is 0.341 e. The molecule has 0 fully saturated rings. The Kier molecular flexibility index (Phi) is 3.83. The highest BCUT2D eigenvalue weighted by Gasteiger charge is 2.19. The Hall–Kier alpha value is -2.32. The summed E-state index contributed by atoms with van der Waals surface area (Å²) in [5, 5.41) is 11.1. The van der Waals surface area contributed by atoms with E-state index in [1.807, 2.05) is 6.07 Å². The van der Waals surface area contributed by atoms with Gasteiger partial charge in [-0.05, 0) is 24.6 Å². The average Bonchev–Trinajstić information content (AvgIpc) is 2.81. The summed E-state index contributed by atoms with van der Waals surface area (Å²) in [6, 6.07) is 9.12. The third-order valence-electron chi connectivity index (χ3n) is 2.60. The van der Waals surface area contributed by atoms with Crippen molar-refractivity contribution in [2.75, 3.05) is 12.3 Å². The monoisotopic (exact) mass is 272 g/mol. The van der Waals surface area contributed by atoms with Crippen molar-refractivity contribution in [2.45, 2.75) is 6.92 Å². The lowest BCUT2D eigenvalue weighted by Gasteiger charge is -2.05. The van der Waals surface area contributed by atoms with Crippen LogP contribution in [0.4, 0.5) is 5.00 Å². The van der Waals surface area contributed by atoms with Crippen LogP contribution in [0.3, 0.4) is 0 Å². The van der Waals surface area contributed by atoms with Crippen LogP contribution in [0.5, 0.6) is 0 Å². The van der Waals surface area contributed by atoms with Crippen molar-refractivity contribution in [3.63, 3.8) is 0 Å². The SMILES string of the molecule is CCOC(=O)c1c(-c2cccc(C#N)c2)csc1N. The largest absolute Gasteiger partial charge is 0.462 e. The maximum absolute atomic E-state index is 11.9. The molecule has 2 rings (SSSR count). The van der Waals surface area contributed by atoms with Gasteiger partial charge in [-0.25, -0.2) is 4.79 Å². The Morgan fingerprint density at radius 2 is 2.32 bits per heavy atom. The number of hydrogen-bond acceptors (Lipinski definition) is 5. The molecule has 2 N–H and O–H groups in total. The van der Waals surface area contributed by atoms with E-state index in [9.17, 15) is 4.79 Å². The van der Waals surface area contributed by atoms with Gasteiger partial charge in [-0.15, -0.1) is 11.3 Å². The molecule has 4 nitrogen and oxygen atoms in total. The predicted molar refractivity (Wildman–Crippen MR) is 74.8 cm³/mol. The summed E-state index contributed by atoms with van der Waals surface area (Å²) < 4.78 is 5.01. The van der Waals surface area contributed by atoms with Crippen molar-refractivity contribution in [3.8, 4) is 17.2 Å². The summed E-state index contributed by atoms with van der Waals surface area (Å²) >= 11 is 1.29. The number of anilines is 1. The van der Waals surface area contributed by atoms with Gasteiger partial charge < -0.3 is 10.5 Å². The molecule has 0 aliphatic rings. The molecule has 1 aromatic carbocycles. The van der Waals surface area contributed by atoms with Crippen molar-refractivity contribution >= 4 is 22.3 Å². The average molecular weight is 272 g/mol. The van der Waals surface area contributed by atoms with Gasteiger partial charge >= 0.3 is 5.97 Å². The highest BCUT2D eigenvalue weighted by atomic mass is 32.1. The summed E-state index contributed by atoms with van der Waals surface area (Å²) in [7, 11) is 0. The van der Waals surface area contributed by atoms with Crippen LogP contribution in [-0.2, 0) is 4.74 Å². The van der Waals surface area contributed by atoms with E-state index in [1.165, 1.54) is 11.3 Å². The molecule has 5 heteroatoms. The smallest absolute Gasteiger partial charge is 0.341 e. The number of thiophene rings is 1. The van der Waals surface area contributed by atoms with E-state index < -0.39 is 5.97 Å². The summed E-state index contributed by atoms with van der Waals surface area (Å²) in [6.45, 7) is 2.04. The summed E-state index contributed by atoms with van der Waals surface area (Å²) in [6.07, 6.45) is 0. The number of nitrogen functional groups attached to an aromatic ring is 1. The first-order valence-electron chi connectivity index (χ1n) is 5.72. The van der Waals surface area contributed by atoms with Crippen LogP contribution >= 0.6 is 11.3 Å². The number of benzene rings is 1. The minimum Gasteiger partial charge on any atom is -0.462 e. The van der Waals surface area contributed by atoms with Crippen LogP contribution in [0.2, 0.25) is 0 Å². The summed E-state index contributed by atoms with van der Waals surface area (Å²) in [5.74, 6) is -0.432. The van der Waals surface area contributed by atoms with E-state index in [0.29, 0.717) is 28.3 Å². The molecule has 0 radical (unpaired) electrons. The third-order valence-corrected chi connectivity index (χ3v) is 3.41. The zero-order valence-corrected chi connectivity index (χ0v) is 11.2. The van der Waals surface area contributed by atoms with E-state index in [4.69, 9.17) is 15.7 Å². The lowest BCUT2D eigenvalue weighted by molar-refractivity contribution is 0.0529.